The first-order valence-electron chi connectivity index (χ1n) is 7.69. The second kappa shape index (κ2) is 7.42. The van der Waals surface area contributed by atoms with E-state index in [0.717, 1.165) is 11.1 Å². The predicted molar refractivity (Wildman–Crippen MR) is 95.5 cm³/mol. The molecule has 0 spiro atoms. The standard InChI is InChI=1S/C20H16N2O3/c23-19(21-18-12-10-17(11-13-18)20(24)22-25)16-8-6-15(7-9-16)14-4-2-1-3-5-14/h1-13,25H,(H,21,23)(H,22,24). The molecule has 0 aliphatic rings. The van der Waals surface area contributed by atoms with Gasteiger partial charge in [-0.15, -0.1) is 0 Å². The summed E-state index contributed by atoms with van der Waals surface area (Å²) < 4.78 is 0. The lowest BCUT2D eigenvalue weighted by atomic mass is 10.0. The van der Waals surface area contributed by atoms with Crippen LogP contribution in [0.4, 0.5) is 5.69 Å². The van der Waals surface area contributed by atoms with E-state index in [-0.39, 0.29) is 5.91 Å². The van der Waals surface area contributed by atoms with Crippen molar-refractivity contribution in [2.45, 2.75) is 0 Å². The minimum absolute atomic E-state index is 0.237. The Hall–Kier alpha value is -3.44. The molecule has 0 fully saturated rings. The van der Waals surface area contributed by atoms with Gasteiger partial charge >= 0.3 is 0 Å². The lowest BCUT2D eigenvalue weighted by molar-refractivity contribution is 0.0706. The minimum Gasteiger partial charge on any atom is -0.322 e. The highest BCUT2D eigenvalue weighted by molar-refractivity contribution is 6.04. The summed E-state index contributed by atoms with van der Waals surface area (Å²) in [5.74, 6) is -0.839. The number of hydrogen-bond donors (Lipinski definition) is 3. The van der Waals surface area contributed by atoms with Crippen molar-refractivity contribution < 1.29 is 14.8 Å². The molecule has 0 bridgehead atoms. The van der Waals surface area contributed by atoms with Crippen LogP contribution in [0.2, 0.25) is 0 Å². The summed E-state index contributed by atoms with van der Waals surface area (Å²) in [6.45, 7) is 0. The van der Waals surface area contributed by atoms with Crippen LogP contribution >= 0.6 is 0 Å². The lowest BCUT2D eigenvalue weighted by Crippen LogP contribution is -2.18. The van der Waals surface area contributed by atoms with E-state index < -0.39 is 5.91 Å². The van der Waals surface area contributed by atoms with Crippen molar-refractivity contribution in [3.8, 4) is 11.1 Å². The number of carbonyl (C=O) groups excluding carboxylic acids is 2. The Morgan fingerprint density at radius 2 is 1.16 bits per heavy atom. The third-order valence-corrected chi connectivity index (χ3v) is 3.76. The van der Waals surface area contributed by atoms with E-state index in [1.807, 2.05) is 42.5 Å². The second-order valence-electron chi connectivity index (χ2n) is 5.42. The zero-order valence-electron chi connectivity index (χ0n) is 13.3. The van der Waals surface area contributed by atoms with Crippen molar-refractivity contribution in [1.82, 2.24) is 5.48 Å². The summed E-state index contributed by atoms with van der Waals surface area (Å²) in [6.07, 6.45) is 0. The van der Waals surface area contributed by atoms with E-state index in [1.165, 1.54) is 12.1 Å². The normalized spacial score (nSPS) is 10.1. The molecule has 3 rings (SSSR count). The number of rotatable bonds is 4. The summed E-state index contributed by atoms with van der Waals surface area (Å²) in [4.78, 5) is 23.6. The minimum atomic E-state index is -0.602. The SMILES string of the molecule is O=C(NO)c1ccc(NC(=O)c2ccc(-c3ccccc3)cc2)cc1. The topological polar surface area (TPSA) is 78.4 Å². The Balaban J connectivity index is 1.70. The fraction of sp³-hybridized carbons (Fsp3) is 0. The molecule has 3 N–H and O–H groups in total. The number of carbonyl (C=O) groups is 2. The van der Waals surface area contributed by atoms with Crippen LogP contribution in [0.25, 0.3) is 11.1 Å². The van der Waals surface area contributed by atoms with E-state index >= 15 is 0 Å². The second-order valence-corrected chi connectivity index (χ2v) is 5.42. The van der Waals surface area contributed by atoms with Gasteiger partial charge in [-0.25, -0.2) is 5.48 Å². The molecule has 0 saturated carbocycles. The smallest absolute Gasteiger partial charge is 0.274 e. The average Bonchev–Trinajstić information content (AvgIpc) is 2.68. The molecule has 3 aromatic carbocycles. The zero-order chi connectivity index (χ0) is 17.6. The molecular weight excluding hydrogens is 316 g/mol. The van der Waals surface area contributed by atoms with Crippen molar-refractivity contribution in [3.63, 3.8) is 0 Å². The van der Waals surface area contributed by atoms with Crippen LogP contribution in [0.3, 0.4) is 0 Å². The summed E-state index contributed by atoms with van der Waals surface area (Å²) >= 11 is 0. The van der Waals surface area contributed by atoms with Gasteiger partial charge in [-0.3, -0.25) is 14.8 Å². The number of anilines is 1. The highest BCUT2D eigenvalue weighted by Crippen LogP contribution is 2.20. The van der Waals surface area contributed by atoms with Gasteiger partial charge in [-0.2, -0.15) is 0 Å². The summed E-state index contributed by atoms with van der Waals surface area (Å²) in [5, 5.41) is 11.4. The van der Waals surface area contributed by atoms with E-state index in [2.05, 4.69) is 5.32 Å². The fourth-order valence-corrected chi connectivity index (χ4v) is 2.42. The maximum atomic E-state index is 12.3. The van der Waals surface area contributed by atoms with Crippen LogP contribution in [0.1, 0.15) is 20.7 Å². The van der Waals surface area contributed by atoms with Gasteiger partial charge in [0, 0.05) is 16.8 Å². The molecule has 2 amide bonds. The van der Waals surface area contributed by atoms with Crippen LogP contribution in [0.5, 0.6) is 0 Å². The predicted octanol–water partition coefficient (Wildman–Crippen LogP) is 3.72. The number of amides is 2. The van der Waals surface area contributed by atoms with Crippen LogP contribution in [0, 0.1) is 0 Å². The maximum absolute atomic E-state index is 12.3. The molecule has 124 valence electrons. The van der Waals surface area contributed by atoms with Gasteiger partial charge in [-0.1, -0.05) is 42.5 Å². The van der Waals surface area contributed by atoms with Crippen LogP contribution in [-0.4, -0.2) is 17.0 Å². The fourth-order valence-electron chi connectivity index (χ4n) is 2.42. The third kappa shape index (κ3) is 3.91. The number of benzene rings is 3. The Bertz CT molecular complexity index is 873. The molecule has 0 unspecified atom stereocenters. The lowest BCUT2D eigenvalue weighted by Gasteiger charge is -2.07. The Kier molecular flexibility index (Phi) is 4.87. The monoisotopic (exact) mass is 332 g/mol. The van der Waals surface area contributed by atoms with Crippen LogP contribution in [-0.2, 0) is 0 Å². The van der Waals surface area contributed by atoms with Crippen LogP contribution < -0.4 is 10.8 Å². The Labute approximate surface area is 144 Å². The average molecular weight is 332 g/mol. The molecule has 0 aliphatic heterocycles. The van der Waals surface area contributed by atoms with Crippen molar-refractivity contribution in [2.75, 3.05) is 5.32 Å². The zero-order valence-corrected chi connectivity index (χ0v) is 13.3. The molecule has 5 heteroatoms. The largest absolute Gasteiger partial charge is 0.322 e. The van der Waals surface area contributed by atoms with Crippen LogP contribution in [0.15, 0.2) is 78.9 Å². The van der Waals surface area contributed by atoms with Gasteiger partial charge in [0.15, 0.2) is 0 Å². The highest BCUT2D eigenvalue weighted by Gasteiger charge is 2.08. The van der Waals surface area contributed by atoms with Crippen molar-refractivity contribution in [3.05, 3.63) is 90.0 Å². The van der Waals surface area contributed by atoms with Gasteiger partial charge in [0.1, 0.15) is 0 Å². The first kappa shape index (κ1) is 16.4. The van der Waals surface area contributed by atoms with Gasteiger partial charge in [0.25, 0.3) is 11.8 Å². The van der Waals surface area contributed by atoms with Crippen molar-refractivity contribution >= 4 is 17.5 Å². The summed E-state index contributed by atoms with van der Waals surface area (Å²) in [6, 6.07) is 23.5. The number of hydroxylamine groups is 1. The highest BCUT2D eigenvalue weighted by atomic mass is 16.5. The molecule has 3 aromatic rings. The molecule has 5 nitrogen and oxygen atoms in total. The Morgan fingerprint density at radius 3 is 1.76 bits per heavy atom. The van der Waals surface area contributed by atoms with E-state index in [0.29, 0.717) is 16.8 Å². The third-order valence-electron chi connectivity index (χ3n) is 3.76. The van der Waals surface area contributed by atoms with Crippen molar-refractivity contribution in [2.24, 2.45) is 0 Å². The molecule has 0 saturated heterocycles. The maximum Gasteiger partial charge on any atom is 0.274 e. The molecular formula is C20H16N2O3. The molecule has 0 heterocycles. The molecule has 0 aromatic heterocycles. The van der Waals surface area contributed by atoms with Gasteiger partial charge in [0.2, 0.25) is 0 Å². The molecule has 25 heavy (non-hydrogen) atoms. The van der Waals surface area contributed by atoms with E-state index in [4.69, 9.17) is 5.21 Å². The molecule has 0 atom stereocenters. The Morgan fingerprint density at radius 1 is 0.640 bits per heavy atom. The van der Waals surface area contributed by atoms with E-state index in [1.54, 1.807) is 29.7 Å². The quantitative estimate of drug-likeness (QED) is 0.503. The molecule has 0 aliphatic carbocycles. The number of hydrogen-bond acceptors (Lipinski definition) is 3. The first-order chi connectivity index (χ1) is 12.2. The van der Waals surface area contributed by atoms with Gasteiger partial charge in [-0.05, 0) is 47.5 Å². The summed E-state index contributed by atoms with van der Waals surface area (Å²) in [5.41, 5.74) is 5.09. The summed E-state index contributed by atoms with van der Waals surface area (Å²) in [7, 11) is 0. The van der Waals surface area contributed by atoms with Gasteiger partial charge in [0.05, 0.1) is 0 Å². The first-order valence-corrected chi connectivity index (χ1v) is 7.69. The molecule has 0 radical (unpaired) electrons. The van der Waals surface area contributed by atoms with Gasteiger partial charge < -0.3 is 5.32 Å². The number of nitrogens with one attached hydrogen (secondary N) is 2. The van der Waals surface area contributed by atoms with E-state index in [9.17, 15) is 9.59 Å². The van der Waals surface area contributed by atoms with Crippen molar-refractivity contribution in [1.29, 1.82) is 0 Å².